The van der Waals surface area contributed by atoms with Crippen LogP contribution in [0.25, 0.3) is 10.8 Å². The first kappa shape index (κ1) is 25.6. The van der Waals surface area contributed by atoms with E-state index in [1.54, 1.807) is 12.3 Å². The molecule has 0 saturated carbocycles. The van der Waals surface area contributed by atoms with E-state index < -0.39 is 0 Å². The van der Waals surface area contributed by atoms with E-state index in [1.165, 1.54) is 0 Å². The van der Waals surface area contributed by atoms with Crippen LogP contribution < -0.4 is 5.32 Å². The van der Waals surface area contributed by atoms with Gasteiger partial charge in [-0.2, -0.15) is 0 Å². The number of benzene rings is 3. The molecule has 0 spiro atoms. The van der Waals surface area contributed by atoms with Crippen LogP contribution in [0.2, 0.25) is 5.02 Å². The molecule has 0 atom stereocenters. The Morgan fingerprint density at radius 1 is 0.944 bits per heavy atom. The van der Waals surface area contributed by atoms with Crippen molar-refractivity contribution in [3.63, 3.8) is 0 Å². The molecule has 1 aromatic heterocycles. The van der Waals surface area contributed by atoms with E-state index in [4.69, 9.17) is 11.6 Å². The molecule has 3 aromatic carbocycles. The normalized spacial score (nSPS) is 11.5. The van der Waals surface area contributed by atoms with Crippen molar-refractivity contribution >= 4 is 45.4 Å². The second-order valence-electron chi connectivity index (χ2n) is 10.3. The molecule has 0 aliphatic carbocycles. The highest BCUT2D eigenvalue weighted by molar-refractivity contribution is 6.34. The summed E-state index contributed by atoms with van der Waals surface area (Å²) in [7, 11) is 0. The van der Waals surface area contributed by atoms with E-state index in [0.717, 1.165) is 39.0 Å². The number of aryl methyl sites for hydroxylation is 2. The Morgan fingerprint density at radius 2 is 1.72 bits per heavy atom. The Morgan fingerprint density at radius 3 is 2.47 bits per heavy atom. The van der Waals surface area contributed by atoms with Crippen LogP contribution >= 0.6 is 11.6 Å². The number of carbonyl (C=O) groups is 2. The van der Waals surface area contributed by atoms with Gasteiger partial charge in [0.1, 0.15) is 11.6 Å². The standard InChI is InChI=1S/C31H31ClN2O2/c1-20-7-5-9-23(17-20)34-30-25-10-6-8-22(24(25)15-16-33-30)19-28(35)26-18-21(11-13-27(26)32)12-14-29(36)31(2,3)4/h5-11,13,15-18H,12,14,19H2,1-4H3,(H,33,34). The number of nitrogens with zero attached hydrogens (tertiary/aromatic N) is 1. The fraction of sp³-hybridized carbons (Fsp3) is 0.258. The van der Waals surface area contributed by atoms with Crippen LogP contribution in [-0.4, -0.2) is 16.6 Å². The fourth-order valence-electron chi connectivity index (χ4n) is 4.23. The summed E-state index contributed by atoms with van der Waals surface area (Å²) in [6.45, 7) is 7.82. The molecule has 0 fully saturated rings. The smallest absolute Gasteiger partial charge is 0.168 e. The molecule has 4 rings (SSSR count). The summed E-state index contributed by atoms with van der Waals surface area (Å²) in [5, 5.41) is 5.75. The predicted octanol–water partition coefficient (Wildman–Crippen LogP) is 7.91. The summed E-state index contributed by atoms with van der Waals surface area (Å²) >= 11 is 6.43. The van der Waals surface area contributed by atoms with Gasteiger partial charge >= 0.3 is 0 Å². The highest BCUT2D eigenvalue weighted by Crippen LogP contribution is 2.29. The molecule has 184 valence electrons. The zero-order valence-corrected chi connectivity index (χ0v) is 21.9. The van der Waals surface area contributed by atoms with E-state index in [2.05, 4.69) is 16.4 Å². The lowest BCUT2D eigenvalue weighted by Gasteiger charge is -2.16. The largest absolute Gasteiger partial charge is 0.340 e. The number of aromatic nitrogens is 1. The lowest BCUT2D eigenvalue weighted by Crippen LogP contribution is -2.20. The van der Waals surface area contributed by atoms with Crippen molar-refractivity contribution in [2.75, 3.05) is 5.32 Å². The van der Waals surface area contributed by atoms with Gasteiger partial charge in [0.15, 0.2) is 5.78 Å². The molecule has 1 N–H and O–H groups in total. The first-order valence-electron chi connectivity index (χ1n) is 12.2. The number of hydrogen-bond donors (Lipinski definition) is 1. The summed E-state index contributed by atoms with van der Waals surface area (Å²) in [6, 6.07) is 21.5. The van der Waals surface area contributed by atoms with Crippen LogP contribution in [0.3, 0.4) is 0 Å². The second kappa shape index (κ2) is 10.6. The van der Waals surface area contributed by atoms with E-state index in [0.29, 0.717) is 23.4 Å². The summed E-state index contributed by atoms with van der Waals surface area (Å²) in [5.74, 6) is 0.891. The molecule has 36 heavy (non-hydrogen) atoms. The first-order chi connectivity index (χ1) is 17.1. The van der Waals surface area contributed by atoms with Gasteiger partial charge in [0.05, 0.1) is 5.02 Å². The number of carbonyl (C=O) groups excluding carboxylic acids is 2. The molecule has 1 heterocycles. The Balaban J connectivity index is 1.57. The number of pyridine rings is 1. The number of rotatable bonds is 8. The lowest BCUT2D eigenvalue weighted by molar-refractivity contribution is -0.126. The van der Waals surface area contributed by atoms with Crippen molar-refractivity contribution in [2.24, 2.45) is 5.41 Å². The van der Waals surface area contributed by atoms with Crippen molar-refractivity contribution in [3.8, 4) is 0 Å². The molecule has 4 aromatic rings. The molecular formula is C31H31ClN2O2. The third-order valence-corrected chi connectivity index (χ3v) is 6.67. The predicted molar refractivity (Wildman–Crippen MR) is 148 cm³/mol. The number of halogens is 1. The monoisotopic (exact) mass is 498 g/mol. The summed E-state index contributed by atoms with van der Waals surface area (Å²) < 4.78 is 0. The Hall–Kier alpha value is -3.50. The second-order valence-corrected chi connectivity index (χ2v) is 10.7. The number of nitrogens with one attached hydrogen (secondary N) is 1. The van der Waals surface area contributed by atoms with Crippen molar-refractivity contribution < 1.29 is 9.59 Å². The zero-order valence-electron chi connectivity index (χ0n) is 21.2. The van der Waals surface area contributed by atoms with Crippen molar-refractivity contribution in [1.29, 1.82) is 0 Å². The average Bonchev–Trinajstić information content (AvgIpc) is 2.83. The quantitative estimate of drug-likeness (QED) is 0.251. The van der Waals surface area contributed by atoms with E-state index in [1.807, 2.05) is 82.3 Å². The van der Waals surface area contributed by atoms with Crippen molar-refractivity contribution in [1.82, 2.24) is 4.98 Å². The highest BCUT2D eigenvalue weighted by atomic mass is 35.5. The van der Waals surface area contributed by atoms with Gasteiger partial charge in [-0.1, -0.05) is 68.8 Å². The minimum absolute atomic E-state index is 0.0542. The third-order valence-electron chi connectivity index (χ3n) is 6.34. The molecule has 0 bridgehead atoms. The van der Waals surface area contributed by atoms with Gasteiger partial charge in [0, 0.05) is 41.1 Å². The van der Waals surface area contributed by atoms with Gasteiger partial charge < -0.3 is 5.32 Å². The van der Waals surface area contributed by atoms with Crippen molar-refractivity contribution in [2.45, 2.75) is 47.0 Å². The highest BCUT2D eigenvalue weighted by Gasteiger charge is 2.21. The number of ketones is 2. The molecule has 0 radical (unpaired) electrons. The van der Waals surface area contributed by atoms with Crippen LogP contribution in [0.1, 0.15) is 54.2 Å². The Kier molecular flexibility index (Phi) is 7.56. The van der Waals surface area contributed by atoms with Crippen LogP contribution in [-0.2, 0) is 17.6 Å². The van der Waals surface area contributed by atoms with Gasteiger partial charge in [0.2, 0.25) is 0 Å². The molecule has 0 unspecified atom stereocenters. The van der Waals surface area contributed by atoms with Crippen LogP contribution in [0, 0.1) is 12.3 Å². The maximum absolute atomic E-state index is 13.4. The maximum Gasteiger partial charge on any atom is 0.168 e. The molecular weight excluding hydrogens is 468 g/mol. The van der Waals surface area contributed by atoms with Crippen LogP contribution in [0.15, 0.2) is 72.9 Å². The van der Waals surface area contributed by atoms with Crippen LogP contribution in [0.4, 0.5) is 11.5 Å². The van der Waals surface area contributed by atoms with Gasteiger partial charge in [-0.25, -0.2) is 4.98 Å². The zero-order chi connectivity index (χ0) is 25.9. The number of Topliss-reactive ketones (excluding diaryl/α,β-unsaturated/α-hetero) is 2. The van der Waals surface area contributed by atoms with Crippen molar-refractivity contribution in [3.05, 3.63) is 100 Å². The maximum atomic E-state index is 13.4. The summed E-state index contributed by atoms with van der Waals surface area (Å²) in [5.41, 5.74) is 4.09. The minimum Gasteiger partial charge on any atom is -0.340 e. The van der Waals surface area contributed by atoms with Gasteiger partial charge in [-0.3, -0.25) is 9.59 Å². The van der Waals surface area contributed by atoms with Gasteiger partial charge in [0.25, 0.3) is 0 Å². The number of hydrogen-bond acceptors (Lipinski definition) is 4. The molecule has 0 saturated heterocycles. The van der Waals surface area contributed by atoms with Crippen LogP contribution in [0.5, 0.6) is 0 Å². The summed E-state index contributed by atoms with van der Waals surface area (Å²) in [4.78, 5) is 30.2. The van der Waals surface area contributed by atoms with E-state index >= 15 is 0 Å². The Labute approximate surface area is 217 Å². The number of fused-ring (bicyclic) bond motifs is 1. The van der Waals surface area contributed by atoms with Gasteiger partial charge in [-0.15, -0.1) is 0 Å². The number of anilines is 2. The average molecular weight is 499 g/mol. The molecule has 0 aliphatic rings. The van der Waals surface area contributed by atoms with E-state index in [-0.39, 0.29) is 23.4 Å². The minimum atomic E-state index is -0.374. The molecule has 5 heteroatoms. The summed E-state index contributed by atoms with van der Waals surface area (Å²) in [6.07, 6.45) is 3.00. The Bertz CT molecular complexity index is 1440. The lowest BCUT2D eigenvalue weighted by atomic mass is 9.87. The topological polar surface area (TPSA) is 59.1 Å². The van der Waals surface area contributed by atoms with E-state index in [9.17, 15) is 9.59 Å². The first-order valence-corrected chi connectivity index (χ1v) is 12.5. The molecule has 0 aliphatic heterocycles. The fourth-order valence-corrected chi connectivity index (χ4v) is 4.45. The molecule has 0 amide bonds. The van der Waals surface area contributed by atoms with Gasteiger partial charge in [-0.05, 0) is 65.8 Å². The SMILES string of the molecule is Cc1cccc(Nc2nccc3c(CC(=O)c4cc(CCC(=O)C(C)(C)C)ccc4Cl)cccc23)c1. The third kappa shape index (κ3) is 6.00. The molecule has 4 nitrogen and oxygen atoms in total.